The molecule has 1 fully saturated rings. The maximum Gasteiger partial charge on any atom is 0.240 e. The summed E-state index contributed by atoms with van der Waals surface area (Å²) in [5.41, 5.74) is 0. The van der Waals surface area contributed by atoms with Crippen LogP contribution >= 0.6 is 11.3 Å². The normalized spacial score (nSPS) is 16.0. The number of aromatic nitrogens is 1. The third-order valence-corrected chi connectivity index (χ3v) is 7.29. The fourth-order valence-electron chi connectivity index (χ4n) is 3.12. The van der Waals surface area contributed by atoms with Crippen molar-refractivity contribution < 1.29 is 17.2 Å². The molecule has 3 aromatic rings. The van der Waals surface area contributed by atoms with Crippen molar-refractivity contribution in [3.63, 3.8) is 0 Å². The summed E-state index contributed by atoms with van der Waals surface area (Å²) in [6.45, 7) is 3.61. The Morgan fingerprint density at radius 2 is 1.89 bits per heavy atom. The number of sulfone groups is 1. The minimum Gasteiger partial charge on any atom is -0.418 e. The van der Waals surface area contributed by atoms with Crippen LogP contribution in [0.2, 0.25) is 0 Å². The summed E-state index contributed by atoms with van der Waals surface area (Å²) in [5.74, 6) is 0.672. The largest absolute Gasteiger partial charge is 0.418 e. The van der Waals surface area contributed by atoms with Gasteiger partial charge in [0.15, 0.2) is 0 Å². The Kier molecular flexibility index (Phi) is 4.77. The molecule has 1 saturated heterocycles. The number of oxazole rings is 1. The molecule has 1 aromatic carbocycles. The molecule has 5 nitrogen and oxygen atoms in total. The van der Waals surface area contributed by atoms with E-state index in [2.05, 4.69) is 11.9 Å². The van der Waals surface area contributed by atoms with Gasteiger partial charge in [-0.3, -0.25) is 0 Å². The highest BCUT2D eigenvalue weighted by atomic mass is 32.2. The zero-order valence-corrected chi connectivity index (χ0v) is 16.4. The average molecular weight is 407 g/mol. The average Bonchev–Trinajstić information content (AvgIpc) is 3.33. The molecule has 27 heavy (non-hydrogen) atoms. The van der Waals surface area contributed by atoms with Gasteiger partial charge in [0.1, 0.15) is 5.82 Å². The Hall–Kier alpha value is -2.19. The van der Waals surface area contributed by atoms with Crippen molar-refractivity contribution >= 4 is 27.1 Å². The molecule has 0 unspecified atom stereocenters. The fraction of sp³-hybridized carbons (Fsp3) is 0.316. The third-order valence-electron chi connectivity index (χ3n) is 4.76. The van der Waals surface area contributed by atoms with Crippen LogP contribution in [0.3, 0.4) is 0 Å². The predicted octanol–water partition coefficient (Wildman–Crippen LogP) is 4.61. The van der Waals surface area contributed by atoms with Crippen molar-refractivity contribution in [1.29, 1.82) is 0 Å². The van der Waals surface area contributed by atoms with E-state index in [9.17, 15) is 12.8 Å². The molecule has 0 bridgehead atoms. The first-order valence-corrected chi connectivity index (χ1v) is 11.1. The lowest BCUT2D eigenvalue weighted by molar-refractivity contribution is 0.416. The summed E-state index contributed by atoms with van der Waals surface area (Å²) in [7, 11) is -3.93. The predicted molar refractivity (Wildman–Crippen MR) is 102 cm³/mol. The molecular formula is C19H19FN2O3S2. The Labute approximate surface area is 161 Å². The second kappa shape index (κ2) is 7.09. The molecule has 8 heteroatoms. The van der Waals surface area contributed by atoms with Crippen LogP contribution in [0.1, 0.15) is 19.8 Å². The molecule has 0 aliphatic carbocycles. The molecule has 0 saturated carbocycles. The zero-order chi connectivity index (χ0) is 19.0. The van der Waals surface area contributed by atoms with Crippen LogP contribution in [-0.4, -0.2) is 26.5 Å². The van der Waals surface area contributed by atoms with Gasteiger partial charge >= 0.3 is 0 Å². The van der Waals surface area contributed by atoms with Crippen molar-refractivity contribution in [2.24, 2.45) is 5.92 Å². The minimum atomic E-state index is -3.93. The van der Waals surface area contributed by atoms with E-state index in [0.29, 0.717) is 24.9 Å². The number of benzene rings is 1. The number of nitrogens with zero attached hydrogens (tertiary/aromatic N) is 2. The topological polar surface area (TPSA) is 63.4 Å². The van der Waals surface area contributed by atoms with Gasteiger partial charge in [0.05, 0.1) is 9.77 Å². The first-order valence-electron chi connectivity index (χ1n) is 8.75. The minimum absolute atomic E-state index is 0.00144. The SMILES string of the molecule is CC1CCN(c2oc(-c3cccs3)nc2S(=O)(=O)c2ccc(F)cc2)CC1. The van der Waals surface area contributed by atoms with Gasteiger partial charge in [-0.2, -0.15) is 4.98 Å². The van der Waals surface area contributed by atoms with E-state index >= 15 is 0 Å². The van der Waals surface area contributed by atoms with Gasteiger partial charge in [-0.1, -0.05) is 13.0 Å². The highest BCUT2D eigenvalue weighted by Gasteiger charge is 2.32. The molecule has 0 radical (unpaired) electrons. The van der Waals surface area contributed by atoms with E-state index in [1.54, 1.807) is 0 Å². The van der Waals surface area contributed by atoms with Crippen molar-refractivity contribution in [3.8, 4) is 10.8 Å². The first kappa shape index (κ1) is 18.2. The van der Waals surface area contributed by atoms with Gasteiger partial charge in [0.2, 0.25) is 26.6 Å². The van der Waals surface area contributed by atoms with Gasteiger partial charge in [0, 0.05) is 13.1 Å². The van der Waals surface area contributed by atoms with Gasteiger partial charge < -0.3 is 9.32 Å². The quantitative estimate of drug-likeness (QED) is 0.592. The van der Waals surface area contributed by atoms with Crippen molar-refractivity contribution in [1.82, 2.24) is 4.98 Å². The Morgan fingerprint density at radius 1 is 1.19 bits per heavy atom. The molecule has 142 valence electrons. The third kappa shape index (κ3) is 3.51. The molecule has 0 atom stereocenters. The van der Waals surface area contributed by atoms with Crippen LogP contribution in [0.4, 0.5) is 10.3 Å². The van der Waals surface area contributed by atoms with E-state index in [0.717, 1.165) is 29.9 Å². The lowest BCUT2D eigenvalue weighted by atomic mass is 9.99. The summed E-state index contributed by atoms with van der Waals surface area (Å²) in [5, 5.41) is 1.78. The number of hydrogen-bond acceptors (Lipinski definition) is 6. The summed E-state index contributed by atoms with van der Waals surface area (Å²) in [6, 6.07) is 8.48. The molecular weight excluding hydrogens is 387 g/mol. The molecule has 3 heterocycles. The molecule has 1 aliphatic rings. The molecule has 2 aromatic heterocycles. The second-order valence-electron chi connectivity index (χ2n) is 6.73. The maximum absolute atomic E-state index is 13.2. The molecule has 4 rings (SSSR count). The van der Waals surface area contributed by atoms with Crippen LogP contribution in [0.5, 0.6) is 0 Å². The van der Waals surface area contributed by atoms with E-state index in [4.69, 9.17) is 4.42 Å². The molecule has 0 N–H and O–H groups in total. The summed E-state index contributed by atoms with van der Waals surface area (Å²) in [6.07, 6.45) is 1.93. The number of anilines is 1. The Balaban J connectivity index is 1.81. The van der Waals surface area contributed by atoms with Gasteiger partial charge in [-0.25, -0.2) is 12.8 Å². The lowest BCUT2D eigenvalue weighted by Gasteiger charge is -2.30. The van der Waals surface area contributed by atoms with E-state index in [1.165, 1.54) is 23.5 Å². The molecule has 0 spiro atoms. The van der Waals surface area contributed by atoms with Crippen LogP contribution in [0.15, 0.2) is 56.1 Å². The number of hydrogen-bond donors (Lipinski definition) is 0. The summed E-state index contributed by atoms with van der Waals surface area (Å²) in [4.78, 5) is 7.05. The van der Waals surface area contributed by atoms with Crippen LogP contribution in [0, 0.1) is 11.7 Å². The Bertz CT molecular complexity index is 1020. The van der Waals surface area contributed by atoms with Gasteiger partial charge in [0.25, 0.3) is 0 Å². The second-order valence-corrected chi connectivity index (χ2v) is 9.55. The summed E-state index contributed by atoms with van der Waals surface area (Å²) >= 11 is 1.43. The van der Waals surface area contributed by atoms with Crippen LogP contribution in [-0.2, 0) is 9.84 Å². The van der Waals surface area contributed by atoms with E-state index in [1.807, 2.05) is 22.4 Å². The van der Waals surface area contributed by atoms with Crippen molar-refractivity contribution in [2.45, 2.75) is 29.7 Å². The Morgan fingerprint density at radius 3 is 2.52 bits per heavy atom. The molecule has 1 aliphatic heterocycles. The van der Waals surface area contributed by atoms with Gasteiger partial charge in [-0.05, 0) is 54.5 Å². The number of thiophene rings is 1. The number of rotatable bonds is 4. The smallest absolute Gasteiger partial charge is 0.240 e. The summed E-state index contributed by atoms with van der Waals surface area (Å²) < 4.78 is 45.6. The van der Waals surface area contributed by atoms with Crippen LogP contribution in [0.25, 0.3) is 10.8 Å². The highest BCUT2D eigenvalue weighted by molar-refractivity contribution is 7.91. The lowest BCUT2D eigenvalue weighted by Crippen LogP contribution is -2.33. The van der Waals surface area contributed by atoms with E-state index in [-0.39, 0.29) is 15.8 Å². The van der Waals surface area contributed by atoms with E-state index < -0.39 is 15.7 Å². The molecule has 0 amide bonds. The van der Waals surface area contributed by atoms with Crippen molar-refractivity contribution in [3.05, 3.63) is 47.6 Å². The standard InChI is InChI=1S/C19H19FN2O3S2/c1-13-8-10-22(11-9-13)19-18(21-17(25-19)16-3-2-12-26-16)27(23,24)15-6-4-14(20)5-7-15/h2-7,12-13H,8-11H2,1H3. The number of piperidine rings is 1. The van der Waals surface area contributed by atoms with Crippen LogP contribution < -0.4 is 4.90 Å². The number of halogens is 1. The fourth-order valence-corrected chi connectivity index (χ4v) is 5.09. The van der Waals surface area contributed by atoms with Gasteiger partial charge in [-0.15, -0.1) is 11.3 Å². The zero-order valence-electron chi connectivity index (χ0n) is 14.8. The highest BCUT2D eigenvalue weighted by Crippen LogP contribution is 2.37. The first-order chi connectivity index (χ1) is 12.9. The van der Waals surface area contributed by atoms with Crippen molar-refractivity contribution in [2.75, 3.05) is 18.0 Å². The maximum atomic E-state index is 13.2. The monoisotopic (exact) mass is 406 g/mol.